The lowest BCUT2D eigenvalue weighted by atomic mass is 9.95. The van der Waals surface area contributed by atoms with Crippen molar-refractivity contribution in [2.45, 2.75) is 47.3 Å². The summed E-state index contributed by atoms with van der Waals surface area (Å²) in [5.41, 5.74) is 1.42. The molecule has 2 aromatic rings. The fourth-order valence-electron chi connectivity index (χ4n) is 2.64. The van der Waals surface area contributed by atoms with E-state index in [9.17, 15) is 14.4 Å². The van der Waals surface area contributed by atoms with E-state index in [0.717, 1.165) is 5.56 Å². The highest BCUT2D eigenvalue weighted by molar-refractivity contribution is 5.98. The van der Waals surface area contributed by atoms with Gasteiger partial charge in [0.1, 0.15) is 12.6 Å². The lowest BCUT2D eigenvalue weighted by Gasteiger charge is -2.22. The van der Waals surface area contributed by atoms with Crippen LogP contribution in [0.15, 0.2) is 54.6 Å². The van der Waals surface area contributed by atoms with Gasteiger partial charge in [0.05, 0.1) is 0 Å². The van der Waals surface area contributed by atoms with Crippen LogP contribution in [-0.2, 0) is 20.9 Å². The normalized spacial score (nSPS) is 12.1. The van der Waals surface area contributed by atoms with Crippen molar-refractivity contribution in [1.82, 2.24) is 5.32 Å². The molecule has 0 bridgehead atoms. The first-order valence-corrected chi connectivity index (χ1v) is 10.3. The van der Waals surface area contributed by atoms with E-state index in [1.807, 2.05) is 65.0 Å². The summed E-state index contributed by atoms with van der Waals surface area (Å²) in [6, 6.07) is 15.4. The van der Waals surface area contributed by atoms with Crippen LogP contribution in [0, 0.1) is 11.3 Å². The number of benzene rings is 2. The Kier molecular flexibility index (Phi) is 8.19. The molecule has 166 valence electrons. The Morgan fingerprint density at radius 2 is 1.52 bits per heavy atom. The van der Waals surface area contributed by atoms with E-state index >= 15 is 0 Å². The van der Waals surface area contributed by atoms with Gasteiger partial charge in [0.25, 0.3) is 0 Å². The molecule has 0 fully saturated rings. The summed E-state index contributed by atoms with van der Waals surface area (Å²) < 4.78 is 5.23. The third-order valence-corrected chi connectivity index (χ3v) is 4.50. The first-order valence-electron chi connectivity index (χ1n) is 10.3. The Hall–Kier alpha value is -3.35. The number of nitrogens with one attached hydrogen (secondary N) is 3. The van der Waals surface area contributed by atoms with Crippen LogP contribution in [0.3, 0.4) is 0 Å². The molecule has 0 saturated heterocycles. The zero-order valence-electron chi connectivity index (χ0n) is 18.7. The predicted octanol–water partition coefficient (Wildman–Crippen LogP) is 4.56. The molecule has 7 nitrogen and oxygen atoms in total. The van der Waals surface area contributed by atoms with Crippen LogP contribution in [0.2, 0.25) is 0 Å². The molecule has 7 heteroatoms. The van der Waals surface area contributed by atoms with Gasteiger partial charge in [-0.2, -0.15) is 0 Å². The van der Waals surface area contributed by atoms with Crippen LogP contribution in [0.4, 0.5) is 16.2 Å². The van der Waals surface area contributed by atoms with E-state index in [4.69, 9.17) is 4.74 Å². The Morgan fingerprint density at radius 3 is 2.10 bits per heavy atom. The van der Waals surface area contributed by atoms with Gasteiger partial charge >= 0.3 is 6.09 Å². The minimum absolute atomic E-state index is 0.120. The largest absolute Gasteiger partial charge is 0.445 e. The quantitative estimate of drug-likeness (QED) is 0.606. The number of carbonyl (C=O) groups is 3. The van der Waals surface area contributed by atoms with E-state index in [0.29, 0.717) is 11.4 Å². The number of alkyl carbamates (subject to hydrolysis) is 1. The topological polar surface area (TPSA) is 96.5 Å². The number of ether oxygens (including phenoxy) is 1. The minimum Gasteiger partial charge on any atom is -0.445 e. The molecule has 0 aliphatic rings. The van der Waals surface area contributed by atoms with Gasteiger partial charge in [-0.15, -0.1) is 0 Å². The van der Waals surface area contributed by atoms with Gasteiger partial charge in [0.15, 0.2) is 0 Å². The van der Waals surface area contributed by atoms with Crippen molar-refractivity contribution in [3.63, 3.8) is 0 Å². The lowest BCUT2D eigenvalue weighted by molar-refractivity contribution is -0.123. The molecule has 3 amide bonds. The molecule has 31 heavy (non-hydrogen) atoms. The van der Waals surface area contributed by atoms with E-state index < -0.39 is 17.6 Å². The van der Waals surface area contributed by atoms with Gasteiger partial charge < -0.3 is 20.7 Å². The molecule has 0 saturated carbocycles. The minimum atomic E-state index is -0.781. The maximum Gasteiger partial charge on any atom is 0.408 e. The first kappa shape index (κ1) is 23.9. The highest BCUT2D eigenvalue weighted by Gasteiger charge is 2.25. The van der Waals surface area contributed by atoms with Gasteiger partial charge in [-0.25, -0.2) is 4.79 Å². The zero-order valence-corrected chi connectivity index (χ0v) is 18.7. The van der Waals surface area contributed by atoms with Gasteiger partial charge in [0.2, 0.25) is 11.8 Å². The molecule has 0 heterocycles. The lowest BCUT2D eigenvalue weighted by Crippen LogP contribution is -2.47. The summed E-state index contributed by atoms with van der Waals surface area (Å²) in [5.74, 6) is -0.655. The second-order valence-corrected chi connectivity index (χ2v) is 8.70. The monoisotopic (exact) mass is 425 g/mol. The van der Waals surface area contributed by atoms with Crippen LogP contribution in [-0.4, -0.2) is 23.9 Å². The molecule has 1 atom stereocenters. The van der Waals surface area contributed by atoms with Crippen LogP contribution in [0.25, 0.3) is 0 Å². The number of hydrogen-bond acceptors (Lipinski definition) is 4. The molecule has 0 aliphatic carbocycles. The molecule has 0 unspecified atom stereocenters. The van der Waals surface area contributed by atoms with Crippen LogP contribution in [0.5, 0.6) is 0 Å². The molecule has 0 radical (unpaired) electrons. The summed E-state index contributed by atoms with van der Waals surface area (Å²) >= 11 is 0. The summed E-state index contributed by atoms with van der Waals surface area (Å²) in [5, 5.41) is 8.26. The number of rotatable bonds is 7. The molecule has 0 spiro atoms. The molecule has 2 aromatic carbocycles. The average molecular weight is 426 g/mol. The molecule has 0 aliphatic heterocycles. The summed E-state index contributed by atoms with van der Waals surface area (Å²) in [6.45, 7) is 9.26. The zero-order chi connectivity index (χ0) is 23.0. The summed E-state index contributed by atoms with van der Waals surface area (Å²) in [6.07, 6.45) is -0.663. The second kappa shape index (κ2) is 10.6. The van der Waals surface area contributed by atoms with E-state index in [-0.39, 0.29) is 24.3 Å². The van der Waals surface area contributed by atoms with Gasteiger partial charge in [-0.3, -0.25) is 9.59 Å². The summed E-state index contributed by atoms with van der Waals surface area (Å²) in [7, 11) is 0. The molecule has 0 aromatic heterocycles. The van der Waals surface area contributed by atoms with Gasteiger partial charge in [-0.1, -0.05) is 71.0 Å². The van der Waals surface area contributed by atoms with Crippen molar-refractivity contribution >= 4 is 29.3 Å². The first-order chi connectivity index (χ1) is 14.6. The maximum absolute atomic E-state index is 12.8. The molecule has 2 rings (SSSR count). The van der Waals surface area contributed by atoms with Gasteiger partial charge in [0, 0.05) is 16.8 Å². The fourth-order valence-corrected chi connectivity index (χ4v) is 2.64. The van der Waals surface area contributed by atoms with Crippen molar-refractivity contribution in [3.05, 3.63) is 60.2 Å². The highest BCUT2D eigenvalue weighted by atomic mass is 16.5. The smallest absolute Gasteiger partial charge is 0.408 e. The van der Waals surface area contributed by atoms with Crippen molar-refractivity contribution in [2.24, 2.45) is 11.3 Å². The van der Waals surface area contributed by atoms with Crippen LogP contribution in [0.1, 0.15) is 40.2 Å². The Morgan fingerprint density at radius 1 is 0.903 bits per heavy atom. The average Bonchev–Trinajstić information content (AvgIpc) is 2.70. The van der Waals surface area contributed by atoms with E-state index in [1.165, 1.54) is 0 Å². The third kappa shape index (κ3) is 7.77. The molecular weight excluding hydrogens is 394 g/mol. The third-order valence-electron chi connectivity index (χ3n) is 4.50. The fraction of sp³-hybridized carbons (Fsp3) is 0.375. The molecular formula is C24H31N3O4. The molecule has 3 N–H and O–H groups in total. The van der Waals surface area contributed by atoms with E-state index in [1.54, 1.807) is 24.3 Å². The van der Waals surface area contributed by atoms with Gasteiger partial charge in [-0.05, 0) is 29.7 Å². The summed E-state index contributed by atoms with van der Waals surface area (Å²) in [4.78, 5) is 37.2. The predicted molar refractivity (Wildman–Crippen MR) is 122 cm³/mol. The van der Waals surface area contributed by atoms with Crippen molar-refractivity contribution in [2.75, 3.05) is 10.6 Å². The Bertz CT molecular complexity index is 905. The number of amides is 3. The van der Waals surface area contributed by atoms with Crippen molar-refractivity contribution < 1.29 is 19.1 Å². The highest BCUT2D eigenvalue weighted by Crippen LogP contribution is 2.20. The number of hydrogen-bond donors (Lipinski definition) is 3. The number of carbonyl (C=O) groups excluding carboxylic acids is 3. The van der Waals surface area contributed by atoms with Crippen LogP contribution >= 0.6 is 0 Å². The Labute approximate surface area is 183 Å². The van der Waals surface area contributed by atoms with Crippen molar-refractivity contribution in [3.8, 4) is 0 Å². The Balaban J connectivity index is 1.98. The van der Waals surface area contributed by atoms with E-state index in [2.05, 4.69) is 16.0 Å². The maximum atomic E-state index is 12.8. The number of anilines is 2. The van der Waals surface area contributed by atoms with Crippen molar-refractivity contribution in [1.29, 1.82) is 0 Å². The van der Waals surface area contributed by atoms with Crippen LogP contribution < -0.4 is 16.0 Å². The second-order valence-electron chi connectivity index (χ2n) is 8.70. The SMILES string of the molecule is CC(C)[C@H](NC(=O)OCc1ccccc1)C(=O)Nc1cccc(NC(=O)C(C)(C)C)c1. The standard InChI is InChI=1S/C24H31N3O4/c1-16(2)20(27-23(30)31-15-17-10-7-6-8-11-17)21(28)25-18-12-9-13-19(14-18)26-22(29)24(3,4)5/h6-14,16,20H,15H2,1-5H3,(H,25,28)(H,26,29)(H,27,30)/t20-/m0/s1.